The summed E-state index contributed by atoms with van der Waals surface area (Å²) in [6, 6.07) is 3.37. The van der Waals surface area contributed by atoms with Gasteiger partial charge in [-0.2, -0.15) is 8.78 Å². The Morgan fingerprint density at radius 3 is 2.43 bits per heavy atom. The van der Waals surface area contributed by atoms with Gasteiger partial charge in [0, 0.05) is 0 Å². The lowest BCUT2D eigenvalue weighted by atomic mass is 10.1. The van der Waals surface area contributed by atoms with E-state index < -0.39 is 16.8 Å². The van der Waals surface area contributed by atoms with E-state index in [-0.39, 0.29) is 11.1 Å². The molecule has 1 rings (SSSR count). The first-order chi connectivity index (χ1) is 6.32. The van der Waals surface area contributed by atoms with E-state index in [0.29, 0.717) is 0 Å². The Bertz CT molecular complexity index is 335. The highest BCUT2D eigenvalue weighted by Crippen LogP contribution is 2.36. The Morgan fingerprint density at radius 1 is 1.43 bits per heavy atom. The minimum Gasteiger partial charge on any atom is -0.381 e. The summed E-state index contributed by atoms with van der Waals surface area (Å²) in [5, 5.41) is 9.15. The summed E-state index contributed by atoms with van der Waals surface area (Å²) < 4.78 is 38.0. The third-order valence-electron chi connectivity index (χ3n) is 1.81. The smallest absolute Gasteiger partial charge is 0.330 e. The Morgan fingerprint density at radius 2 is 2.00 bits per heavy atom. The van der Waals surface area contributed by atoms with Crippen molar-refractivity contribution in [2.45, 2.75) is 17.9 Å². The Balaban J connectivity index is 3.03. The molecular formula is C9H8BrF3O. The minimum absolute atomic E-state index is 0.0224. The van der Waals surface area contributed by atoms with Gasteiger partial charge >= 0.3 is 4.83 Å². The summed E-state index contributed by atoms with van der Waals surface area (Å²) in [7, 11) is 0. The highest BCUT2D eigenvalue weighted by molar-refractivity contribution is 9.10. The predicted octanol–water partition coefficient (Wildman–Crippen LogP) is 3.16. The van der Waals surface area contributed by atoms with Gasteiger partial charge in [-0.05, 0) is 40.0 Å². The Kier molecular flexibility index (Phi) is 3.21. The van der Waals surface area contributed by atoms with Crippen LogP contribution in [0.5, 0.6) is 0 Å². The molecule has 0 radical (unpaired) electrons. The maximum absolute atomic E-state index is 12.8. The van der Waals surface area contributed by atoms with E-state index in [9.17, 15) is 13.2 Å². The zero-order valence-corrected chi connectivity index (χ0v) is 8.85. The molecule has 0 heterocycles. The van der Waals surface area contributed by atoms with Gasteiger partial charge in [0.25, 0.3) is 0 Å². The molecule has 1 aromatic rings. The summed E-state index contributed by atoms with van der Waals surface area (Å²) >= 11 is 2.05. The van der Waals surface area contributed by atoms with E-state index in [1.807, 2.05) is 15.9 Å². The molecule has 1 N–H and O–H groups in total. The highest BCUT2D eigenvalue weighted by atomic mass is 79.9. The van der Waals surface area contributed by atoms with Gasteiger partial charge in [0.05, 0.1) is 0 Å². The van der Waals surface area contributed by atoms with Crippen molar-refractivity contribution >= 4 is 15.9 Å². The lowest BCUT2D eigenvalue weighted by molar-refractivity contribution is -0.0295. The molecular weight excluding hydrogens is 261 g/mol. The number of aliphatic hydroxyl groups excluding tert-OH is 1. The van der Waals surface area contributed by atoms with Crippen LogP contribution in [0.2, 0.25) is 0 Å². The normalized spacial score (nSPS) is 14.1. The Hall–Kier alpha value is -0.550. The molecule has 1 atom stereocenters. The van der Waals surface area contributed by atoms with Crippen LogP contribution in [-0.4, -0.2) is 9.94 Å². The van der Waals surface area contributed by atoms with Crippen LogP contribution in [0.25, 0.3) is 0 Å². The minimum atomic E-state index is -3.41. The summed E-state index contributed by atoms with van der Waals surface area (Å²) in [4.78, 5) is -3.41. The summed E-state index contributed by atoms with van der Waals surface area (Å²) in [6.45, 7) is 1.44. The topological polar surface area (TPSA) is 20.2 Å². The molecule has 0 spiro atoms. The van der Waals surface area contributed by atoms with Gasteiger partial charge in [0.15, 0.2) is 6.10 Å². The third-order valence-corrected chi connectivity index (χ3v) is 2.24. The molecule has 1 aromatic carbocycles. The molecule has 5 heteroatoms. The molecule has 78 valence electrons. The number of hydrogen-bond acceptors (Lipinski definition) is 1. The van der Waals surface area contributed by atoms with Crippen molar-refractivity contribution in [3.8, 4) is 0 Å². The van der Waals surface area contributed by atoms with Crippen LogP contribution >= 0.6 is 15.9 Å². The van der Waals surface area contributed by atoms with E-state index >= 15 is 0 Å². The molecule has 0 amide bonds. The van der Waals surface area contributed by atoms with Crippen molar-refractivity contribution in [3.05, 3.63) is 35.1 Å². The highest BCUT2D eigenvalue weighted by Gasteiger charge is 2.36. The maximum atomic E-state index is 12.8. The molecule has 1 nitrogen and oxygen atoms in total. The van der Waals surface area contributed by atoms with Crippen LogP contribution in [0, 0.1) is 12.7 Å². The zero-order valence-electron chi connectivity index (χ0n) is 7.27. The van der Waals surface area contributed by atoms with Crippen molar-refractivity contribution in [2.24, 2.45) is 0 Å². The second-order valence-corrected chi connectivity index (χ2v) is 4.01. The molecule has 0 bridgehead atoms. The fourth-order valence-corrected chi connectivity index (χ4v) is 1.29. The van der Waals surface area contributed by atoms with Crippen molar-refractivity contribution in [1.82, 2.24) is 0 Å². The molecule has 0 aliphatic carbocycles. The number of rotatable bonds is 2. The van der Waals surface area contributed by atoms with Gasteiger partial charge in [-0.1, -0.05) is 12.1 Å². The number of hydrogen-bond donors (Lipinski definition) is 1. The van der Waals surface area contributed by atoms with E-state index in [1.54, 1.807) is 0 Å². The third kappa shape index (κ3) is 2.48. The first-order valence-corrected chi connectivity index (χ1v) is 4.62. The summed E-state index contributed by atoms with van der Waals surface area (Å²) in [5.41, 5.74) is 0.198. The van der Waals surface area contributed by atoms with E-state index in [4.69, 9.17) is 5.11 Å². The monoisotopic (exact) mass is 268 g/mol. The van der Waals surface area contributed by atoms with E-state index in [0.717, 1.165) is 12.1 Å². The fourth-order valence-electron chi connectivity index (χ4n) is 1.03. The number of halogens is 4. The maximum Gasteiger partial charge on any atom is 0.330 e. The molecule has 0 aliphatic heterocycles. The van der Waals surface area contributed by atoms with Crippen molar-refractivity contribution in [2.75, 3.05) is 0 Å². The molecule has 0 saturated carbocycles. The molecule has 14 heavy (non-hydrogen) atoms. The van der Waals surface area contributed by atoms with Gasteiger partial charge in [0.1, 0.15) is 5.82 Å². The number of aliphatic hydroxyl groups is 1. The SMILES string of the molecule is Cc1cc(C(O)C(F)(F)Br)ccc1F. The van der Waals surface area contributed by atoms with Crippen LogP contribution in [0.3, 0.4) is 0 Å². The van der Waals surface area contributed by atoms with Crippen LogP contribution < -0.4 is 0 Å². The Labute approximate surface area is 87.7 Å². The van der Waals surface area contributed by atoms with Gasteiger partial charge in [-0.15, -0.1) is 0 Å². The lowest BCUT2D eigenvalue weighted by Gasteiger charge is -2.17. The van der Waals surface area contributed by atoms with Crippen molar-refractivity contribution in [1.29, 1.82) is 0 Å². The summed E-state index contributed by atoms with van der Waals surface area (Å²) in [5.74, 6) is -0.487. The number of alkyl halides is 3. The van der Waals surface area contributed by atoms with Gasteiger partial charge < -0.3 is 5.11 Å². The number of aryl methyl sites for hydroxylation is 1. The van der Waals surface area contributed by atoms with E-state index in [2.05, 4.69) is 0 Å². The second-order valence-electron chi connectivity index (χ2n) is 2.95. The quantitative estimate of drug-likeness (QED) is 0.817. The molecule has 1 unspecified atom stereocenters. The summed E-state index contributed by atoms with van der Waals surface area (Å²) in [6.07, 6.45) is -1.97. The first-order valence-electron chi connectivity index (χ1n) is 3.83. The van der Waals surface area contributed by atoms with Crippen molar-refractivity contribution < 1.29 is 18.3 Å². The molecule has 0 saturated heterocycles. The first kappa shape index (κ1) is 11.5. The van der Waals surface area contributed by atoms with Crippen molar-refractivity contribution in [3.63, 3.8) is 0 Å². The van der Waals surface area contributed by atoms with Crippen LogP contribution in [-0.2, 0) is 0 Å². The van der Waals surface area contributed by atoms with E-state index in [1.165, 1.54) is 13.0 Å². The second kappa shape index (κ2) is 3.90. The van der Waals surface area contributed by atoms with Gasteiger partial charge in [-0.3, -0.25) is 0 Å². The largest absolute Gasteiger partial charge is 0.381 e. The standard InChI is InChI=1S/C9H8BrF3O/c1-5-4-6(2-3-7(5)11)8(14)9(10,12)13/h2-4,8,14H,1H3. The molecule has 0 fully saturated rings. The lowest BCUT2D eigenvalue weighted by Crippen LogP contribution is -2.18. The average Bonchev–Trinajstić information content (AvgIpc) is 2.07. The fraction of sp³-hybridized carbons (Fsp3) is 0.333. The molecule has 0 aromatic heterocycles. The predicted molar refractivity (Wildman–Crippen MR) is 50.0 cm³/mol. The van der Waals surface area contributed by atoms with Gasteiger partial charge in [-0.25, -0.2) is 4.39 Å². The van der Waals surface area contributed by atoms with Crippen LogP contribution in [0.1, 0.15) is 17.2 Å². The molecule has 0 aliphatic rings. The van der Waals surface area contributed by atoms with Crippen LogP contribution in [0.15, 0.2) is 18.2 Å². The van der Waals surface area contributed by atoms with Gasteiger partial charge in [0.2, 0.25) is 0 Å². The average molecular weight is 269 g/mol. The number of benzene rings is 1. The van der Waals surface area contributed by atoms with Crippen LogP contribution in [0.4, 0.5) is 13.2 Å². The zero-order chi connectivity index (χ0) is 10.9.